The molecule has 0 N–H and O–H groups in total. The van der Waals surface area contributed by atoms with Crippen molar-refractivity contribution in [2.75, 3.05) is 0 Å². The van der Waals surface area contributed by atoms with Crippen LogP contribution >= 0.6 is 22.7 Å². The maximum absolute atomic E-state index is 2.36. The Kier molecular flexibility index (Phi) is 11.0. The fourth-order valence-electron chi connectivity index (χ4n) is 3.39. The summed E-state index contributed by atoms with van der Waals surface area (Å²) in [6.07, 6.45) is 20.8. The van der Waals surface area contributed by atoms with Crippen molar-refractivity contribution in [2.24, 2.45) is 0 Å². The lowest BCUT2D eigenvalue weighted by molar-refractivity contribution is 0.632. The van der Waals surface area contributed by atoms with Crippen molar-refractivity contribution in [1.29, 1.82) is 0 Å². The van der Waals surface area contributed by atoms with Gasteiger partial charge in [-0.1, -0.05) is 65.2 Å². The van der Waals surface area contributed by atoms with Gasteiger partial charge >= 0.3 is 0 Å². The van der Waals surface area contributed by atoms with E-state index in [2.05, 4.69) is 48.9 Å². The van der Waals surface area contributed by atoms with Gasteiger partial charge in [0.1, 0.15) is 0 Å². The van der Waals surface area contributed by atoms with Crippen LogP contribution in [-0.4, -0.2) is 0 Å². The minimum Gasteiger partial charge on any atom is -0.144 e. The predicted octanol–water partition coefficient (Wildman–Crippen LogP) is 9.01. The monoisotopic (exact) mass is 388 g/mol. The highest BCUT2D eigenvalue weighted by molar-refractivity contribution is 7.12. The summed E-state index contributed by atoms with van der Waals surface area (Å²) >= 11 is 3.78. The second kappa shape index (κ2) is 13.3. The van der Waals surface area contributed by atoms with E-state index >= 15 is 0 Å². The highest BCUT2D eigenvalue weighted by Gasteiger charge is 2.04. The van der Waals surface area contributed by atoms with Crippen LogP contribution in [0.15, 0.2) is 22.9 Å². The largest absolute Gasteiger partial charge is 0.144 e. The molecule has 0 fully saturated rings. The zero-order valence-corrected chi connectivity index (χ0v) is 18.4. The van der Waals surface area contributed by atoms with Gasteiger partial charge in [0.05, 0.1) is 0 Å². The summed E-state index contributed by atoms with van der Waals surface area (Å²) in [7, 11) is 0. The van der Waals surface area contributed by atoms with E-state index in [-0.39, 0.29) is 0 Å². The van der Waals surface area contributed by atoms with Gasteiger partial charge in [0, 0.05) is 9.75 Å². The van der Waals surface area contributed by atoms with E-state index in [0.29, 0.717) is 0 Å². The van der Waals surface area contributed by atoms with Gasteiger partial charge in [-0.2, -0.15) is 0 Å². The van der Waals surface area contributed by atoms with Gasteiger partial charge in [0.25, 0.3) is 0 Å². The molecule has 0 atom stereocenters. The van der Waals surface area contributed by atoms with E-state index in [0.717, 1.165) is 0 Å². The summed E-state index contributed by atoms with van der Waals surface area (Å²) in [5.41, 5.74) is 3.08. The molecule has 2 aromatic heterocycles. The minimum absolute atomic E-state index is 1.24. The maximum atomic E-state index is 2.36. The first kappa shape index (κ1) is 21.4. The first-order valence-electron chi connectivity index (χ1n) is 10.7. The molecule has 0 aromatic carbocycles. The SMILES string of the molecule is CCCCCCCc1ccsc1/C=C/c1sccc1CCCCCCC. The highest BCUT2D eigenvalue weighted by atomic mass is 32.1. The minimum atomic E-state index is 1.24. The third-order valence-corrected chi connectivity index (χ3v) is 6.90. The average Bonchev–Trinajstić information content (AvgIpc) is 3.28. The molecular formula is C24H36S2. The van der Waals surface area contributed by atoms with Gasteiger partial charge in [-0.15, -0.1) is 22.7 Å². The second-order valence-corrected chi connectivity index (χ2v) is 9.18. The molecule has 26 heavy (non-hydrogen) atoms. The lowest BCUT2D eigenvalue weighted by atomic mass is 10.0. The molecule has 0 nitrogen and oxygen atoms in total. The fourth-order valence-corrected chi connectivity index (χ4v) is 5.08. The van der Waals surface area contributed by atoms with Crippen molar-refractivity contribution >= 4 is 34.8 Å². The lowest BCUT2D eigenvalue weighted by Crippen LogP contribution is -1.87. The molecule has 0 aliphatic rings. The van der Waals surface area contributed by atoms with E-state index in [9.17, 15) is 0 Å². The molecule has 2 heteroatoms. The number of rotatable bonds is 14. The smallest absolute Gasteiger partial charge is 0.0302 e. The van der Waals surface area contributed by atoms with Crippen LogP contribution < -0.4 is 0 Å². The number of hydrogen-bond acceptors (Lipinski definition) is 2. The topological polar surface area (TPSA) is 0 Å². The molecule has 0 spiro atoms. The molecule has 2 heterocycles. The predicted molar refractivity (Wildman–Crippen MR) is 122 cm³/mol. The van der Waals surface area contributed by atoms with Crippen LogP contribution in [0.3, 0.4) is 0 Å². The number of unbranched alkanes of at least 4 members (excludes halogenated alkanes) is 8. The molecule has 144 valence electrons. The molecule has 2 aromatic rings. The van der Waals surface area contributed by atoms with Gasteiger partial charge in [0.2, 0.25) is 0 Å². The molecule has 0 unspecified atom stereocenters. The van der Waals surface area contributed by atoms with Crippen LogP contribution in [0.4, 0.5) is 0 Å². The van der Waals surface area contributed by atoms with Gasteiger partial charge in [-0.25, -0.2) is 0 Å². The van der Waals surface area contributed by atoms with Crippen LogP contribution in [0.25, 0.3) is 12.2 Å². The average molecular weight is 389 g/mol. The number of hydrogen-bond donors (Lipinski definition) is 0. The molecule has 2 rings (SSSR count). The van der Waals surface area contributed by atoms with Crippen LogP contribution in [0, 0.1) is 0 Å². The summed E-state index contributed by atoms with van der Waals surface area (Å²) in [5, 5.41) is 4.51. The Morgan fingerprint density at radius 1 is 0.615 bits per heavy atom. The molecule has 0 amide bonds. The zero-order chi connectivity index (χ0) is 18.5. The quantitative estimate of drug-likeness (QED) is 0.283. The Morgan fingerprint density at radius 2 is 1.04 bits per heavy atom. The van der Waals surface area contributed by atoms with Crippen molar-refractivity contribution < 1.29 is 0 Å². The van der Waals surface area contributed by atoms with Crippen LogP contribution in [0.5, 0.6) is 0 Å². The molecule has 0 bridgehead atoms. The summed E-state index contributed by atoms with van der Waals surface area (Å²) in [6.45, 7) is 4.57. The standard InChI is InChI=1S/C24H36S2/c1-3-5-7-9-11-13-21-17-19-25-23(21)15-16-24-22(18-20-26-24)14-12-10-8-6-4-2/h15-20H,3-14H2,1-2H3/b16-15+. The van der Waals surface area contributed by atoms with Crippen molar-refractivity contribution in [2.45, 2.75) is 90.9 Å². The van der Waals surface area contributed by atoms with Gasteiger partial charge in [-0.3, -0.25) is 0 Å². The highest BCUT2D eigenvalue weighted by Crippen LogP contribution is 2.26. The maximum Gasteiger partial charge on any atom is 0.0302 e. The first-order valence-corrected chi connectivity index (χ1v) is 12.4. The molecule has 0 radical (unpaired) electrons. The summed E-state index contributed by atoms with van der Waals surface area (Å²) in [5.74, 6) is 0. The number of aryl methyl sites for hydroxylation is 2. The number of thiophene rings is 2. The van der Waals surface area contributed by atoms with Crippen LogP contribution in [0.1, 0.15) is 98.9 Å². The summed E-state index contributed by atoms with van der Waals surface area (Å²) < 4.78 is 0. The lowest BCUT2D eigenvalue weighted by Gasteiger charge is -2.02. The molecule has 0 saturated carbocycles. The van der Waals surface area contributed by atoms with E-state index < -0.39 is 0 Å². The Balaban J connectivity index is 1.82. The molecule has 0 aliphatic carbocycles. The van der Waals surface area contributed by atoms with E-state index in [1.165, 1.54) is 86.8 Å². The van der Waals surface area contributed by atoms with Crippen LogP contribution in [-0.2, 0) is 12.8 Å². The van der Waals surface area contributed by atoms with Crippen LogP contribution in [0.2, 0.25) is 0 Å². The van der Waals surface area contributed by atoms with E-state index in [1.807, 2.05) is 22.7 Å². The van der Waals surface area contributed by atoms with E-state index in [1.54, 1.807) is 11.1 Å². The van der Waals surface area contributed by atoms with Gasteiger partial charge in [0.15, 0.2) is 0 Å². The fraction of sp³-hybridized carbons (Fsp3) is 0.583. The summed E-state index contributed by atoms with van der Waals surface area (Å²) in [4.78, 5) is 2.92. The van der Waals surface area contributed by atoms with Gasteiger partial charge < -0.3 is 0 Å². The third-order valence-electron chi connectivity index (χ3n) is 5.05. The second-order valence-electron chi connectivity index (χ2n) is 7.28. The Hall–Kier alpha value is -0.860. The zero-order valence-electron chi connectivity index (χ0n) is 16.8. The molecular weight excluding hydrogens is 352 g/mol. The molecule has 0 aliphatic heterocycles. The summed E-state index contributed by atoms with van der Waals surface area (Å²) in [6, 6.07) is 4.65. The van der Waals surface area contributed by atoms with Crippen molar-refractivity contribution in [3.8, 4) is 0 Å². The van der Waals surface area contributed by atoms with Crippen molar-refractivity contribution in [3.05, 3.63) is 43.8 Å². The molecule has 0 saturated heterocycles. The first-order chi connectivity index (χ1) is 12.8. The van der Waals surface area contributed by atoms with Gasteiger partial charge in [-0.05, 0) is 71.9 Å². The Morgan fingerprint density at radius 3 is 1.46 bits per heavy atom. The third kappa shape index (κ3) is 7.80. The Bertz CT molecular complexity index is 563. The van der Waals surface area contributed by atoms with Crippen molar-refractivity contribution in [3.63, 3.8) is 0 Å². The van der Waals surface area contributed by atoms with Crippen molar-refractivity contribution in [1.82, 2.24) is 0 Å². The normalized spacial score (nSPS) is 11.6. The van der Waals surface area contributed by atoms with E-state index in [4.69, 9.17) is 0 Å². The Labute approximate surface area is 169 Å².